The highest BCUT2D eigenvalue weighted by Gasteiger charge is 2.32. The molecule has 0 aromatic carbocycles. The predicted molar refractivity (Wildman–Crippen MR) is 78.1 cm³/mol. The maximum atomic E-state index is 11.3. The highest BCUT2D eigenvalue weighted by molar-refractivity contribution is 7.99. The first kappa shape index (κ1) is 16.8. The normalized spacial score (nSPS) is 14.4. The van der Waals surface area contributed by atoms with Crippen LogP contribution in [0.25, 0.3) is 0 Å². The molecule has 3 N–H and O–H groups in total. The average Bonchev–Trinajstić information content (AvgIpc) is 2.65. The van der Waals surface area contributed by atoms with Crippen LogP contribution in [0.4, 0.5) is 0 Å². The maximum absolute atomic E-state index is 11.3. The van der Waals surface area contributed by atoms with Gasteiger partial charge < -0.3 is 5.11 Å². The molecular weight excluding hydrogens is 280 g/mol. The Labute approximate surface area is 122 Å². The smallest absolute Gasteiger partial charge is 0.343 e. The van der Waals surface area contributed by atoms with E-state index >= 15 is 0 Å². The van der Waals surface area contributed by atoms with E-state index in [0.29, 0.717) is 23.8 Å². The summed E-state index contributed by atoms with van der Waals surface area (Å²) in [6.07, 6.45) is 1.24. The maximum Gasteiger partial charge on any atom is 0.343 e. The number of aromatic amines is 1. The lowest BCUT2D eigenvalue weighted by atomic mass is 9.95. The first-order valence-corrected chi connectivity index (χ1v) is 7.50. The standard InChI is InChI=1S/C12H22N4O3S/c1-8(2)13-12(3,9(17)18)6-5-7-20-11-15-14-10(19)16(11)4/h8,13H,5-7H2,1-4H3,(H,14,19)(H,17,18). The molecule has 0 bridgehead atoms. The van der Waals surface area contributed by atoms with Gasteiger partial charge in [-0.05, 0) is 33.6 Å². The van der Waals surface area contributed by atoms with Gasteiger partial charge in [-0.1, -0.05) is 11.8 Å². The molecule has 0 saturated heterocycles. The van der Waals surface area contributed by atoms with Gasteiger partial charge in [0.2, 0.25) is 0 Å². The summed E-state index contributed by atoms with van der Waals surface area (Å²) in [5.74, 6) is -0.135. The number of carboxylic acid groups (broad SMARTS) is 1. The van der Waals surface area contributed by atoms with Crippen molar-refractivity contribution >= 4 is 17.7 Å². The summed E-state index contributed by atoms with van der Waals surface area (Å²) in [6, 6.07) is 0.107. The van der Waals surface area contributed by atoms with Gasteiger partial charge in [0.15, 0.2) is 5.16 Å². The second kappa shape index (κ2) is 6.94. The van der Waals surface area contributed by atoms with E-state index in [-0.39, 0.29) is 11.7 Å². The van der Waals surface area contributed by atoms with Crippen molar-refractivity contribution in [3.8, 4) is 0 Å². The molecule has 8 heteroatoms. The second-order valence-electron chi connectivity index (χ2n) is 5.26. The van der Waals surface area contributed by atoms with E-state index in [2.05, 4.69) is 15.5 Å². The fourth-order valence-corrected chi connectivity index (χ4v) is 2.79. The molecule has 0 saturated carbocycles. The summed E-state index contributed by atoms with van der Waals surface area (Å²) in [5, 5.41) is 19.3. The van der Waals surface area contributed by atoms with E-state index in [4.69, 9.17) is 0 Å². The van der Waals surface area contributed by atoms with Crippen molar-refractivity contribution in [2.75, 3.05) is 5.75 Å². The first-order chi connectivity index (χ1) is 9.26. The Hall–Kier alpha value is -1.28. The number of thioether (sulfide) groups is 1. The van der Waals surface area contributed by atoms with Crippen LogP contribution in [0, 0.1) is 0 Å². The molecule has 0 spiro atoms. The van der Waals surface area contributed by atoms with Gasteiger partial charge in [0.05, 0.1) is 0 Å². The number of nitrogens with zero attached hydrogens (tertiary/aromatic N) is 2. The van der Waals surface area contributed by atoms with Crippen LogP contribution in [-0.2, 0) is 11.8 Å². The molecule has 7 nitrogen and oxygen atoms in total. The van der Waals surface area contributed by atoms with Crippen molar-refractivity contribution in [2.24, 2.45) is 7.05 Å². The quantitative estimate of drug-likeness (QED) is 0.485. The lowest BCUT2D eigenvalue weighted by Crippen LogP contribution is -2.52. The summed E-state index contributed by atoms with van der Waals surface area (Å²) in [5.41, 5.74) is -1.17. The van der Waals surface area contributed by atoms with Gasteiger partial charge in [0, 0.05) is 18.8 Å². The van der Waals surface area contributed by atoms with E-state index in [1.807, 2.05) is 13.8 Å². The molecule has 1 aromatic heterocycles. The van der Waals surface area contributed by atoms with Crippen LogP contribution in [-0.4, -0.2) is 43.2 Å². The van der Waals surface area contributed by atoms with Crippen LogP contribution in [0.2, 0.25) is 0 Å². The molecule has 0 aliphatic heterocycles. The fraction of sp³-hybridized carbons (Fsp3) is 0.750. The Morgan fingerprint density at radius 1 is 1.60 bits per heavy atom. The lowest BCUT2D eigenvalue weighted by Gasteiger charge is -2.28. The van der Waals surface area contributed by atoms with E-state index < -0.39 is 11.5 Å². The summed E-state index contributed by atoms with van der Waals surface area (Å²) in [4.78, 5) is 22.5. The number of hydrogen-bond acceptors (Lipinski definition) is 5. The molecule has 20 heavy (non-hydrogen) atoms. The summed E-state index contributed by atoms with van der Waals surface area (Å²) in [6.45, 7) is 5.55. The van der Waals surface area contributed by atoms with Gasteiger partial charge in [-0.25, -0.2) is 9.89 Å². The zero-order chi connectivity index (χ0) is 15.3. The molecular formula is C12H22N4O3S. The third kappa shape index (κ3) is 4.38. The van der Waals surface area contributed by atoms with Gasteiger partial charge >= 0.3 is 11.7 Å². The van der Waals surface area contributed by atoms with Gasteiger partial charge in [0.25, 0.3) is 0 Å². The van der Waals surface area contributed by atoms with E-state index in [1.54, 1.807) is 14.0 Å². The van der Waals surface area contributed by atoms with Crippen LogP contribution < -0.4 is 11.0 Å². The molecule has 1 rings (SSSR count). The third-order valence-electron chi connectivity index (χ3n) is 2.97. The largest absolute Gasteiger partial charge is 0.480 e. The number of carboxylic acids is 1. The van der Waals surface area contributed by atoms with Crippen LogP contribution >= 0.6 is 11.8 Å². The monoisotopic (exact) mass is 302 g/mol. The van der Waals surface area contributed by atoms with Gasteiger partial charge in [-0.3, -0.25) is 14.7 Å². The van der Waals surface area contributed by atoms with Crippen molar-refractivity contribution in [2.45, 2.75) is 50.4 Å². The zero-order valence-electron chi connectivity index (χ0n) is 12.3. The fourth-order valence-electron chi connectivity index (χ4n) is 1.93. The average molecular weight is 302 g/mol. The molecule has 1 aromatic rings. The number of H-pyrrole nitrogens is 1. The first-order valence-electron chi connectivity index (χ1n) is 6.51. The van der Waals surface area contributed by atoms with Crippen LogP contribution in [0.15, 0.2) is 9.95 Å². The SMILES string of the molecule is CC(C)NC(C)(CCCSc1n[nH]c(=O)n1C)C(=O)O. The Morgan fingerprint density at radius 3 is 2.70 bits per heavy atom. The molecule has 0 fully saturated rings. The Morgan fingerprint density at radius 2 is 2.25 bits per heavy atom. The summed E-state index contributed by atoms with van der Waals surface area (Å²) < 4.78 is 1.44. The Bertz CT molecular complexity index is 511. The number of aliphatic carboxylic acids is 1. The van der Waals surface area contributed by atoms with Gasteiger partial charge in [-0.15, -0.1) is 5.10 Å². The highest BCUT2D eigenvalue weighted by Crippen LogP contribution is 2.19. The molecule has 0 radical (unpaired) electrons. The predicted octanol–water partition coefficient (Wildman–Crippen LogP) is 0.822. The minimum Gasteiger partial charge on any atom is -0.480 e. The minimum atomic E-state index is -0.924. The van der Waals surface area contributed by atoms with Gasteiger partial charge in [0.1, 0.15) is 5.54 Å². The molecule has 0 aliphatic carbocycles. The number of aromatic nitrogens is 3. The topological polar surface area (TPSA) is 100 Å². The minimum absolute atomic E-state index is 0.107. The lowest BCUT2D eigenvalue weighted by molar-refractivity contribution is -0.144. The summed E-state index contributed by atoms with van der Waals surface area (Å²) >= 11 is 1.44. The summed E-state index contributed by atoms with van der Waals surface area (Å²) in [7, 11) is 1.65. The molecule has 1 atom stereocenters. The van der Waals surface area contributed by atoms with E-state index in [0.717, 1.165) is 0 Å². The van der Waals surface area contributed by atoms with Crippen LogP contribution in [0.1, 0.15) is 33.6 Å². The van der Waals surface area contributed by atoms with Crippen molar-refractivity contribution in [3.05, 3.63) is 10.5 Å². The van der Waals surface area contributed by atoms with Crippen molar-refractivity contribution in [1.82, 2.24) is 20.1 Å². The molecule has 0 aliphatic rings. The molecule has 0 amide bonds. The molecule has 1 heterocycles. The van der Waals surface area contributed by atoms with Crippen molar-refractivity contribution in [1.29, 1.82) is 0 Å². The van der Waals surface area contributed by atoms with Crippen molar-refractivity contribution in [3.63, 3.8) is 0 Å². The Kier molecular flexibility index (Phi) is 5.82. The zero-order valence-corrected chi connectivity index (χ0v) is 13.1. The van der Waals surface area contributed by atoms with E-state index in [9.17, 15) is 14.7 Å². The van der Waals surface area contributed by atoms with Crippen molar-refractivity contribution < 1.29 is 9.90 Å². The number of hydrogen-bond donors (Lipinski definition) is 3. The number of carbonyl (C=O) groups is 1. The van der Waals surface area contributed by atoms with Crippen LogP contribution in [0.3, 0.4) is 0 Å². The molecule has 1 unspecified atom stereocenters. The number of nitrogens with one attached hydrogen (secondary N) is 2. The van der Waals surface area contributed by atoms with E-state index in [1.165, 1.54) is 16.3 Å². The number of rotatable bonds is 8. The third-order valence-corrected chi connectivity index (χ3v) is 4.09. The second-order valence-corrected chi connectivity index (χ2v) is 6.32. The van der Waals surface area contributed by atoms with Gasteiger partial charge in [-0.2, -0.15) is 0 Å². The molecule has 114 valence electrons. The van der Waals surface area contributed by atoms with Crippen LogP contribution in [0.5, 0.6) is 0 Å². The highest BCUT2D eigenvalue weighted by atomic mass is 32.2. The Balaban J connectivity index is 2.47.